The van der Waals surface area contributed by atoms with Gasteiger partial charge in [-0.15, -0.1) is 0 Å². The summed E-state index contributed by atoms with van der Waals surface area (Å²) < 4.78 is 4.78. The Morgan fingerprint density at radius 2 is 1.92 bits per heavy atom. The van der Waals surface area contributed by atoms with Gasteiger partial charge in [0.25, 0.3) is 0 Å². The van der Waals surface area contributed by atoms with Crippen LogP contribution in [0.3, 0.4) is 0 Å². The van der Waals surface area contributed by atoms with E-state index in [0.717, 1.165) is 6.42 Å². The van der Waals surface area contributed by atoms with E-state index in [9.17, 15) is 4.79 Å². The highest BCUT2D eigenvalue weighted by molar-refractivity contribution is 5.76. The van der Waals surface area contributed by atoms with Gasteiger partial charge < -0.3 is 4.74 Å². The van der Waals surface area contributed by atoms with E-state index in [1.165, 1.54) is 32.8 Å². The van der Waals surface area contributed by atoms with Gasteiger partial charge in [-0.25, -0.2) is 0 Å². The number of rotatable bonds is 5. The van der Waals surface area contributed by atoms with E-state index >= 15 is 0 Å². The van der Waals surface area contributed by atoms with Crippen molar-refractivity contribution in [2.75, 3.05) is 7.11 Å². The van der Waals surface area contributed by atoms with Gasteiger partial charge in [-0.2, -0.15) is 0 Å². The number of methoxy groups -OCH3 is 1. The van der Waals surface area contributed by atoms with Gasteiger partial charge in [0.1, 0.15) is 0 Å². The quantitative estimate of drug-likeness (QED) is 0.614. The molecule has 1 unspecified atom stereocenters. The molecule has 1 aliphatic rings. The summed E-state index contributed by atoms with van der Waals surface area (Å²) in [5.41, 5.74) is 0.316. The number of carbonyl (C=O) groups excluding carboxylic acids is 1. The van der Waals surface area contributed by atoms with E-state index < -0.39 is 0 Å². The molecule has 13 heavy (non-hydrogen) atoms. The summed E-state index contributed by atoms with van der Waals surface area (Å²) in [5.74, 6) is 0.208. The summed E-state index contributed by atoms with van der Waals surface area (Å²) in [6.07, 6.45) is 5.77. The molecule has 0 spiro atoms. The average Bonchev–Trinajstić information content (AvgIpc) is 2.80. The van der Waals surface area contributed by atoms with Crippen LogP contribution in [0.15, 0.2) is 0 Å². The van der Waals surface area contributed by atoms with Gasteiger partial charge >= 0.3 is 5.97 Å². The molecule has 0 aromatic heterocycles. The van der Waals surface area contributed by atoms with E-state index in [2.05, 4.69) is 13.8 Å². The summed E-state index contributed by atoms with van der Waals surface area (Å²) >= 11 is 0. The molecule has 2 heteroatoms. The van der Waals surface area contributed by atoms with Crippen LogP contribution in [0.1, 0.15) is 46.0 Å². The van der Waals surface area contributed by atoms with Crippen molar-refractivity contribution in [3.05, 3.63) is 0 Å². The summed E-state index contributed by atoms with van der Waals surface area (Å²) in [5, 5.41) is 0. The third-order valence-electron chi connectivity index (χ3n) is 3.17. The zero-order valence-corrected chi connectivity index (χ0v) is 8.93. The van der Waals surface area contributed by atoms with Gasteiger partial charge in [0.05, 0.1) is 13.0 Å². The maximum absolute atomic E-state index is 11.3. The SMILES string of the molecule is CCCC1(CCC)CC1C(=O)OC. The first kappa shape index (κ1) is 10.6. The highest BCUT2D eigenvalue weighted by atomic mass is 16.5. The van der Waals surface area contributed by atoms with Crippen molar-refractivity contribution in [2.24, 2.45) is 11.3 Å². The Hall–Kier alpha value is -0.530. The molecular formula is C11H20O2. The molecule has 1 atom stereocenters. The van der Waals surface area contributed by atoms with Crippen molar-refractivity contribution in [1.82, 2.24) is 0 Å². The minimum Gasteiger partial charge on any atom is -0.469 e. The summed E-state index contributed by atoms with van der Waals surface area (Å²) in [7, 11) is 1.49. The molecule has 0 N–H and O–H groups in total. The molecule has 0 aromatic carbocycles. The van der Waals surface area contributed by atoms with Crippen LogP contribution in [-0.2, 0) is 9.53 Å². The van der Waals surface area contributed by atoms with Crippen LogP contribution in [-0.4, -0.2) is 13.1 Å². The lowest BCUT2D eigenvalue weighted by atomic mass is 9.92. The molecule has 0 saturated heterocycles. The van der Waals surface area contributed by atoms with Gasteiger partial charge in [-0.05, 0) is 24.7 Å². The van der Waals surface area contributed by atoms with Gasteiger partial charge in [0.2, 0.25) is 0 Å². The number of hydrogen-bond acceptors (Lipinski definition) is 2. The van der Waals surface area contributed by atoms with E-state index in [0.29, 0.717) is 5.41 Å². The van der Waals surface area contributed by atoms with E-state index in [4.69, 9.17) is 4.74 Å². The second-order valence-corrected chi connectivity index (χ2v) is 4.14. The first-order valence-electron chi connectivity index (χ1n) is 5.28. The molecule has 0 radical (unpaired) electrons. The Labute approximate surface area is 80.7 Å². The Morgan fingerprint density at radius 1 is 1.38 bits per heavy atom. The predicted octanol–water partition coefficient (Wildman–Crippen LogP) is 2.77. The number of carbonyl (C=O) groups is 1. The summed E-state index contributed by atoms with van der Waals surface area (Å²) in [6.45, 7) is 4.37. The maximum atomic E-state index is 11.3. The number of esters is 1. The Balaban J connectivity index is 2.50. The summed E-state index contributed by atoms with van der Waals surface area (Å²) in [6, 6.07) is 0. The van der Waals surface area contributed by atoms with Gasteiger partial charge in [0.15, 0.2) is 0 Å². The molecule has 1 aliphatic carbocycles. The van der Waals surface area contributed by atoms with Crippen molar-refractivity contribution in [3.63, 3.8) is 0 Å². The van der Waals surface area contributed by atoms with Crippen LogP contribution in [0.5, 0.6) is 0 Å². The van der Waals surface area contributed by atoms with E-state index in [-0.39, 0.29) is 11.9 Å². The standard InChI is InChI=1S/C11H20O2/c1-4-6-11(7-5-2)8-9(11)10(12)13-3/h9H,4-8H2,1-3H3. The summed E-state index contributed by atoms with van der Waals surface area (Å²) in [4.78, 5) is 11.3. The normalized spacial score (nSPS) is 24.1. The molecule has 0 heterocycles. The Kier molecular flexibility index (Phi) is 3.34. The minimum atomic E-state index is 0.00176. The fourth-order valence-electron chi connectivity index (χ4n) is 2.50. The molecule has 0 aromatic rings. The third kappa shape index (κ3) is 2.04. The lowest BCUT2D eigenvalue weighted by Gasteiger charge is -2.14. The zero-order valence-electron chi connectivity index (χ0n) is 8.93. The van der Waals surface area contributed by atoms with Crippen molar-refractivity contribution >= 4 is 5.97 Å². The average molecular weight is 184 g/mol. The molecule has 1 rings (SSSR count). The predicted molar refractivity (Wildman–Crippen MR) is 52.4 cm³/mol. The Bertz CT molecular complexity index is 181. The third-order valence-corrected chi connectivity index (χ3v) is 3.17. The first-order valence-corrected chi connectivity index (χ1v) is 5.28. The largest absolute Gasteiger partial charge is 0.469 e. The van der Waals surface area contributed by atoms with Crippen LogP contribution in [0.2, 0.25) is 0 Å². The van der Waals surface area contributed by atoms with Gasteiger partial charge in [-0.1, -0.05) is 26.7 Å². The van der Waals surface area contributed by atoms with Gasteiger partial charge in [0, 0.05) is 0 Å². The highest BCUT2D eigenvalue weighted by Crippen LogP contribution is 2.59. The Morgan fingerprint density at radius 3 is 2.31 bits per heavy atom. The monoisotopic (exact) mass is 184 g/mol. The topological polar surface area (TPSA) is 26.3 Å². The van der Waals surface area contributed by atoms with Crippen LogP contribution in [0.4, 0.5) is 0 Å². The smallest absolute Gasteiger partial charge is 0.309 e. The van der Waals surface area contributed by atoms with Crippen molar-refractivity contribution in [2.45, 2.75) is 46.0 Å². The van der Waals surface area contributed by atoms with E-state index in [1.807, 2.05) is 0 Å². The molecular weight excluding hydrogens is 164 g/mol. The van der Waals surface area contributed by atoms with Crippen LogP contribution < -0.4 is 0 Å². The fourth-order valence-corrected chi connectivity index (χ4v) is 2.50. The number of ether oxygens (including phenoxy) is 1. The zero-order chi connectivity index (χ0) is 9.90. The van der Waals surface area contributed by atoms with Crippen molar-refractivity contribution < 1.29 is 9.53 Å². The minimum absolute atomic E-state index is 0.00176. The molecule has 1 saturated carbocycles. The number of hydrogen-bond donors (Lipinski definition) is 0. The first-order chi connectivity index (χ1) is 6.20. The van der Waals surface area contributed by atoms with Crippen LogP contribution >= 0.6 is 0 Å². The lowest BCUT2D eigenvalue weighted by molar-refractivity contribution is -0.143. The van der Waals surface area contributed by atoms with Crippen LogP contribution in [0, 0.1) is 11.3 Å². The van der Waals surface area contributed by atoms with Crippen molar-refractivity contribution in [3.8, 4) is 0 Å². The molecule has 2 nitrogen and oxygen atoms in total. The van der Waals surface area contributed by atoms with Crippen LogP contribution in [0.25, 0.3) is 0 Å². The second kappa shape index (κ2) is 4.12. The second-order valence-electron chi connectivity index (χ2n) is 4.14. The molecule has 76 valence electrons. The fraction of sp³-hybridized carbons (Fsp3) is 0.909. The molecule has 0 aliphatic heterocycles. The van der Waals surface area contributed by atoms with E-state index in [1.54, 1.807) is 0 Å². The lowest BCUT2D eigenvalue weighted by Crippen LogP contribution is -2.12. The molecule has 0 amide bonds. The maximum Gasteiger partial charge on any atom is 0.309 e. The molecule has 0 bridgehead atoms. The van der Waals surface area contributed by atoms with Crippen molar-refractivity contribution in [1.29, 1.82) is 0 Å². The molecule has 1 fully saturated rings. The van der Waals surface area contributed by atoms with Gasteiger partial charge in [-0.3, -0.25) is 4.79 Å². The highest BCUT2D eigenvalue weighted by Gasteiger charge is 2.56.